The van der Waals surface area contributed by atoms with E-state index in [1.807, 2.05) is 11.3 Å². The van der Waals surface area contributed by atoms with Gasteiger partial charge in [0.25, 0.3) is 0 Å². The van der Waals surface area contributed by atoms with Crippen LogP contribution < -0.4 is 17.0 Å². The zero-order valence-electron chi connectivity index (χ0n) is 16.3. The van der Waals surface area contributed by atoms with Crippen LogP contribution in [0.1, 0.15) is 59.9 Å². The number of aromatic nitrogens is 1. The van der Waals surface area contributed by atoms with Gasteiger partial charge in [-0.25, -0.2) is 0 Å². The fourth-order valence-electron chi connectivity index (χ4n) is 3.35. The van der Waals surface area contributed by atoms with E-state index in [4.69, 9.17) is 0 Å². The van der Waals surface area contributed by atoms with Gasteiger partial charge in [-0.2, -0.15) is 4.57 Å². The molecule has 1 unspecified atom stereocenters. The second kappa shape index (κ2) is 8.83. The molecule has 0 saturated heterocycles. The van der Waals surface area contributed by atoms with E-state index in [9.17, 15) is 0 Å². The second-order valence-electron chi connectivity index (χ2n) is 7.30. The maximum Gasteiger partial charge on any atom is 0.231 e. The number of benzene rings is 2. The average Bonchev–Trinajstić information content (AvgIpc) is 2.94. The summed E-state index contributed by atoms with van der Waals surface area (Å²) in [6, 6.07) is 17.8. The number of hydrogen-bond acceptors (Lipinski definition) is 1. The summed E-state index contributed by atoms with van der Waals surface area (Å²) in [5.41, 5.74) is 9.17. The third-order valence-corrected chi connectivity index (χ3v) is 6.06. The SMILES string of the molecule is Cc1sc[n+](-c2cc(C(C)Cc3ccccc3)ccc2C(C)C)c1C.[Cl-]. The van der Waals surface area contributed by atoms with Crippen molar-refractivity contribution >= 4 is 11.3 Å². The van der Waals surface area contributed by atoms with Crippen molar-refractivity contribution in [2.24, 2.45) is 0 Å². The molecule has 138 valence electrons. The fraction of sp³-hybridized carbons (Fsp3) is 0.348. The molecule has 1 heterocycles. The van der Waals surface area contributed by atoms with E-state index in [1.165, 1.54) is 32.9 Å². The van der Waals surface area contributed by atoms with Crippen molar-refractivity contribution in [2.45, 2.75) is 52.9 Å². The highest BCUT2D eigenvalue weighted by molar-refractivity contribution is 7.09. The molecule has 1 nitrogen and oxygen atoms in total. The smallest absolute Gasteiger partial charge is 0.231 e. The van der Waals surface area contributed by atoms with E-state index < -0.39 is 0 Å². The molecular formula is C23H28ClNS. The zero-order chi connectivity index (χ0) is 18.0. The highest BCUT2D eigenvalue weighted by Crippen LogP contribution is 2.27. The first-order valence-electron chi connectivity index (χ1n) is 9.12. The molecule has 26 heavy (non-hydrogen) atoms. The molecule has 0 radical (unpaired) electrons. The average molecular weight is 386 g/mol. The Morgan fingerprint density at radius 3 is 2.23 bits per heavy atom. The van der Waals surface area contributed by atoms with Crippen molar-refractivity contribution in [3.8, 4) is 5.69 Å². The van der Waals surface area contributed by atoms with Crippen LogP contribution >= 0.6 is 11.3 Å². The van der Waals surface area contributed by atoms with Crippen LogP contribution in [-0.4, -0.2) is 0 Å². The van der Waals surface area contributed by atoms with Crippen LogP contribution in [0, 0.1) is 13.8 Å². The summed E-state index contributed by atoms with van der Waals surface area (Å²) in [6.07, 6.45) is 1.08. The third kappa shape index (κ3) is 4.36. The number of halogens is 1. The molecule has 0 spiro atoms. The minimum Gasteiger partial charge on any atom is -1.00 e. The Bertz CT molecular complexity index is 852. The van der Waals surface area contributed by atoms with Crippen LogP contribution in [0.15, 0.2) is 54.0 Å². The molecule has 1 atom stereocenters. The molecule has 0 saturated carbocycles. The molecule has 0 bridgehead atoms. The molecule has 0 N–H and O–H groups in total. The van der Waals surface area contributed by atoms with Gasteiger partial charge in [0.05, 0.1) is 4.88 Å². The van der Waals surface area contributed by atoms with E-state index in [2.05, 4.69) is 93.2 Å². The van der Waals surface area contributed by atoms with Gasteiger partial charge in [0.15, 0.2) is 5.69 Å². The number of hydrogen-bond donors (Lipinski definition) is 0. The van der Waals surface area contributed by atoms with Crippen molar-refractivity contribution in [1.82, 2.24) is 0 Å². The second-order valence-corrected chi connectivity index (χ2v) is 8.36. The number of nitrogens with zero attached hydrogens (tertiary/aromatic N) is 1. The molecule has 0 fully saturated rings. The molecule has 3 aromatic rings. The number of aryl methyl sites for hydroxylation is 1. The van der Waals surface area contributed by atoms with Gasteiger partial charge in [0.1, 0.15) is 0 Å². The Hall–Kier alpha value is -1.64. The summed E-state index contributed by atoms with van der Waals surface area (Å²) in [5.74, 6) is 1.02. The largest absolute Gasteiger partial charge is 1.00 e. The van der Waals surface area contributed by atoms with Crippen molar-refractivity contribution in [3.63, 3.8) is 0 Å². The lowest BCUT2D eigenvalue weighted by Gasteiger charge is -2.15. The maximum atomic E-state index is 2.40. The Morgan fingerprint density at radius 1 is 0.962 bits per heavy atom. The summed E-state index contributed by atoms with van der Waals surface area (Å²) in [6.45, 7) is 11.3. The number of thiazole rings is 1. The quantitative estimate of drug-likeness (QED) is 0.594. The summed E-state index contributed by atoms with van der Waals surface area (Å²) in [7, 11) is 0. The molecule has 0 amide bonds. The highest BCUT2D eigenvalue weighted by Gasteiger charge is 2.22. The highest BCUT2D eigenvalue weighted by atomic mass is 35.5. The Balaban J connectivity index is 0.00000243. The monoisotopic (exact) mass is 385 g/mol. The zero-order valence-corrected chi connectivity index (χ0v) is 17.9. The maximum absolute atomic E-state index is 2.40. The van der Waals surface area contributed by atoms with Gasteiger partial charge >= 0.3 is 0 Å². The number of rotatable bonds is 5. The minimum atomic E-state index is 0. The normalized spacial score (nSPS) is 12.1. The molecule has 1 aromatic heterocycles. The van der Waals surface area contributed by atoms with Crippen molar-refractivity contribution in [1.29, 1.82) is 0 Å². The van der Waals surface area contributed by atoms with Crippen LogP contribution in [0.5, 0.6) is 0 Å². The van der Waals surface area contributed by atoms with Gasteiger partial charge < -0.3 is 12.4 Å². The first kappa shape index (κ1) is 20.7. The van der Waals surface area contributed by atoms with Gasteiger partial charge in [-0.05, 0) is 36.3 Å². The first-order valence-corrected chi connectivity index (χ1v) is 9.99. The van der Waals surface area contributed by atoms with E-state index >= 15 is 0 Å². The van der Waals surface area contributed by atoms with Gasteiger partial charge in [0, 0.05) is 18.6 Å². The lowest BCUT2D eigenvalue weighted by Crippen LogP contribution is -3.00. The Labute approximate surface area is 168 Å². The van der Waals surface area contributed by atoms with Crippen LogP contribution in [0.3, 0.4) is 0 Å². The van der Waals surface area contributed by atoms with Crippen LogP contribution in [0.4, 0.5) is 0 Å². The molecule has 3 heteroatoms. The van der Waals surface area contributed by atoms with Gasteiger partial charge in [-0.3, -0.25) is 0 Å². The topological polar surface area (TPSA) is 3.88 Å². The van der Waals surface area contributed by atoms with Crippen molar-refractivity contribution < 1.29 is 17.0 Å². The van der Waals surface area contributed by atoms with Crippen molar-refractivity contribution in [3.05, 3.63) is 81.3 Å². The minimum absolute atomic E-state index is 0. The molecular weight excluding hydrogens is 358 g/mol. The molecule has 0 aliphatic rings. The Morgan fingerprint density at radius 2 is 1.65 bits per heavy atom. The predicted octanol–water partition coefficient (Wildman–Crippen LogP) is 3.12. The lowest BCUT2D eigenvalue weighted by atomic mass is 9.90. The summed E-state index contributed by atoms with van der Waals surface area (Å²) in [4.78, 5) is 1.39. The molecule has 3 rings (SSSR count). The molecule has 0 aliphatic heterocycles. The van der Waals surface area contributed by atoms with E-state index in [0.29, 0.717) is 11.8 Å². The summed E-state index contributed by atoms with van der Waals surface area (Å²) < 4.78 is 2.37. The fourth-order valence-corrected chi connectivity index (χ4v) is 4.16. The summed E-state index contributed by atoms with van der Waals surface area (Å²) >= 11 is 1.83. The van der Waals surface area contributed by atoms with Crippen LogP contribution in [0.25, 0.3) is 5.69 Å². The third-order valence-electron chi connectivity index (χ3n) is 5.10. The van der Waals surface area contributed by atoms with Gasteiger partial charge in [-0.15, -0.1) is 0 Å². The van der Waals surface area contributed by atoms with Gasteiger partial charge in [0.2, 0.25) is 11.2 Å². The van der Waals surface area contributed by atoms with E-state index in [0.717, 1.165) is 6.42 Å². The van der Waals surface area contributed by atoms with Crippen molar-refractivity contribution in [2.75, 3.05) is 0 Å². The standard InChI is InChI=1S/C23H28NS.ClH/c1-16(2)22-12-11-21(17(3)13-20-9-7-6-8-10-20)14-23(22)24-15-25-19(5)18(24)4;/h6-12,14-17H,13H2,1-5H3;1H/q+1;/p-1. The van der Waals surface area contributed by atoms with Crippen LogP contribution in [-0.2, 0) is 6.42 Å². The Kier molecular flexibility index (Phi) is 7.02. The first-order chi connectivity index (χ1) is 12.0. The van der Waals surface area contributed by atoms with Gasteiger partial charge in [-0.1, -0.05) is 74.6 Å². The van der Waals surface area contributed by atoms with E-state index in [-0.39, 0.29) is 12.4 Å². The summed E-state index contributed by atoms with van der Waals surface area (Å²) in [5, 5.41) is 0. The predicted molar refractivity (Wildman–Crippen MR) is 108 cm³/mol. The van der Waals surface area contributed by atoms with Crippen LogP contribution in [0.2, 0.25) is 0 Å². The molecule has 2 aromatic carbocycles. The van der Waals surface area contributed by atoms with E-state index in [1.54, 1.807) is 0 Å². The molecule has 0 aliphatic carbocycles. The lowest BCUT2D eigenvalue weighted by molar-refractivity contribution is -0.598.